The topological polar surface area (TPSA) is 36.4 Å². The lowest BCUT2D eigenvalue weighted by Gasteiger charge is -2.36. The lowest BCUT2D eigenvalue weighted by molar-refractivity contribution is 0.0748. The molecule has 1 aromatic heterocycles. The highest BCUT2D eigenvalue weighted by molar-refractivity contribution is 6.30. The van der Waals surface area contributed by atoms with E-state index in [0.29, 0.717) is 53.5 Å². The molecule has 0 unspecified atom stereocenters. The van der Waals surface area contributed by atoms with Crippen LogP contribution in [0.1, 0.15) is 15.9 Å². The SMILES string of the molecule is Cc1ccc2nc(-c3ccccc3F)cc(C(=O)N3CCN(c4cccc(Cl)c4)CC3)c2c1. The van der Waals surface area contributed by atoms with E-state index in [2.05, 4.69) is 9.88 Å². The molecule has 33 heavy (non-hydrogen) atoms. The summed E-state index contributed by atoms with van der Waals surface area (Å²) in [5.74, 6) is -0.415. The van der Waals surface area contributed by atoms with Gasteiger partial charge in [0.05, 0.1) is 16.8 Å². The molecule has 1 aliphatic rings. The molecule has 5 rings (SSSR count). The van der Waals surface area contributed by atoms with Gasteiger partial charge in [-0.2, -0.15) is 0 Å². The van der Waals surface area contributed by atoms with Crippen molar-refractivity contribution in [2.75, 3.05) is 31.1 Å². The predicted octanol–water partition coefficient (Wildman–Crippen LogP) is 5.97. The lowest BCUT2D eigenvalue weighted by Crippen LogP contribution is -2.48. The standard InChI is InChI=1S/C27H23ClFN3O/c1-18-9-10-25-22(15-18)23(17-26(30-25)21-7-2-3-8-24(21)29)27(33)32-13-11-31(12-14-32)20-6-4-5-19(28)16-20/h2-10,15-17H,11-14H2,1H3. The van der Waals surface area contributed by atoms with Crippen LogP contribution in [0.25, 0.3) is 22.2 Å². The van der Waals surface area contributed by atoms with E-state index in [1.165, 1.54) is 6.07 Å². The molecule has 1 fully saturated rings. The van der Waals surface area contributed by atoms with Gasteiger partial charge in [0.1, 0.15) is 5.82 Å². The molecule has 0 N–H and O–H groups in total. The number of carbonyl (C=O) groups excluding carboxylic acids is 1. The number of carbonyl (C=O) groups is 1. The van der Waals surface area contributed by atoms with E-state index >= 15 is 0 Å². The summed E-state index contributed by atoms with van der Waals surface area (Å²) in [4.78, 5) is 22.4. The van der Waals surface area contributed by atoms with Crippen LogP contribution in [0, 0.1) is 12.7 Å². The van der Waals surface area contributed by atoms with E-state index in [0.717, 1.165) is 16.6 Å². The monoisotopic (exact) mass is 459 g/mol. The van der Waals surface area contributed by atoms with Crippen LogP contribution in [0.15, 0.2) is 72.8 Å². The molecule has 0 radical (unpaired) electrons. The van der Waals surface area contributed by atoms with Crippen molar-refractivity contribution in [2.24, 2.45) is 0 Å². The molecule has 6 heteroatoms. The second-order valence-corrected chi connectivity index (χ2v) is 8.75. The van der Waals surface area contributed by atoms with Crippen molar-refractivity contribution >= 4 is 34.1 Å². The third-order valence-electron chi connectivity index (χ3n) is 6.08. The van der Waals surface area contributed by atoms with Gasteiger partial charge in [0.15, 0.2) is 0 Å². The average molecular weight is 460 g/mol. The van der Waals surface area contributed by atoms with E-state index < -0.39 is 0 Å². The van der Waals surface area contributed by atoms with E-state index in [4.69, 9.17) is 11.6 Å². The highest BCUT2D eigenvalue weighted by Gasteiger charge is 2.25. The van der Waals surface area contributed by atoms with Gasteiger partial charge in [0, 0.05) is 47.8 Å². The number of anilines is 1. The fraction of sp³-hybridized carbons (Fsp3) is 0.185. The molecular weight excluding hydrogens is 437 g/mol. The Kier molecular flexibility index (Phi) is 5.73. The number of pyridine rings is 1. The number of hydrogen-bond donors (Lipinski definition) is 0. The summed E-state index contributed by atoms with van der Waals surface area (Å²) in [5.41, 5.74) is 4.19. The molecule has 4 nitrogen and oxygen atoms in total. The zero-order chi connectivity index (χ0) is 22.9. The first-order chi connectivity index (χ1) is 16.0. The van der Waals surface area contributed by atoms with Crippen molar-refractivity contribution in [3.63, 3.8) is 0 Å². The third kappa shape index (κ3) is 4.29. The Labute approximate surface area is 197 Å². The van der Waals surface area contributed by atoms with Crippen molar-refractivity contribution in [3.05, 3.63) is 94.8 Å². The summed E-state index contributed by atoms with van der Waals surface area (Å²) < 4.78 is 14.5. The van der Waals surface area contributed by atoms with Gasteiger partial charge in [-0.25, -0.2) is 9.37 Å². The normalized spacial score (nSPS) is 14.0. The predicted molar refractivity (Wildman–Crippen MR) is 131 cm³/mol. The number of nitrogens with zero attached hydrogens (tertiary/aromatic N) is 3. The second kappa shape index (κ2) is 8.83. The highest BCUT2D eigenvalue weighted by atomic mass is 35.5. The molecule has 1 amide bonds. The summed E-state index contributed by atoms with van der Waals surface area (Å²) in [7, 11) is 0. The number of halogens is 2. The molecule has 0 bridgehead atoms. The van der Waals surface area contributed by atoms with Crippen LogP contribution < -0.4 is 4.90 Å². The first kappa shape index (κ1) is 21.4. The van der Waals surface area contributed by atoms with Gasteiger partial charge in [-0.05, 0) is 55.5 Å². The molecule has 1 aliphatic heterocycles. The molecule has 2 heterocycles. The zero-order valence-electron chi connectivity index (χ0n) is 18.3. The summed E-state index contributed by atoms with van der Waals surface area (Å²) in [6.07, 6.45) is 0. The van der Waals surface area contributed by atoms with Crippen LogP contribution in [-0.4, -0.2) is 42.0 Å². The molecule has 166 valence electrons. The Bertz CT molecular complexity index is 1350. The number of amides is 1. The smallest absolute Gasteiger partial charge is 0.254 e. The van der Waals surface area contributed by atoms with Crippen molar-refractivity contribution in [3.8, 4) is 11.3 Å². The van der Waals surface area contributed by atoms with E-state index in [-0.39, 0.29) is 11.7 Å². The third-order valence-corrected chi connectivity index (χ3v) is 6.32. The van der Waals surface area contributed by atoms with Gasteiger partial charge in [-0.1, -0.05) is 41.4 Å². The quantitative estimate of drug-likeness (QED) is 0.379. The Hall–Kier alpha value is -3.44. The maximum absolute atomic E-state index is 14.5. The van der Waals surface area contributed by atoms with Crippen molar-refractivity contribution < 1.29 is 9.18 Å². The Balaban J connectivity index is 1.48. The summed E-state index contributed by atoms with van der Waals surface area (Å²) in [5, 5.41) is 1.49. The number of fused-ring (bicyclic) bond motifs is 1. The number of aromatic nitrogens is 1. The van der Waals surface area contributed by atoms with Gasteiger partial charge < -0.3 is 9.80 Å². The first-order valence-corrected chi connectivity index (χ1v) is 11.3. The van der Waals surface area contributed by atoms with Crippen molar-refractivity contribution in [1.82, 2.24) is 9.88 Å². The Morgan fingerprint density at radius 2 is 1.73 bits per heavy atom. The van der Waals surface area contributed by atoms with Gasteiger partial charge >= 0.3 is 0 Å². The largest absolute Gasteiger partial charge is 0.368 e. The summed E-state index contributed by atoms with van der Waals surface area (Å²) in [6, 6.07) is 21.8. The van der Waals surface area contributed by atoms with E-state index in [1.54, 1.807) is 24.3 Å². The van der Waals surface area contributed by atoms with Crippen LogP contribution in [0.3, 0.4) is 0 Å². The molecule has 0 saturated carbocycles. The number of rotatable bonds is 3. The van der Waals surface area contributed by atoms with Gasteiger partial charge in [0.25, 0.3) is 5.91 Å². The Morgan fingerprint density at radius 1 is 0.939 bits per heavy atom. The number of aryl methyl sites for hydroxylation is 1. The fourth-order valence-corrected chi connectivity index (χ4v) is 4.52. The minimum Gasteiger partial charge on any atom is -0.368 e. The molecule has 1 saturated heterocycles. The minimum absolute atomic E-state index is 0.0590. The molecule has 0 atom stereocenters. The maximum Gasteiger partial charge on any atom is 0.254 e. The average Bonchev–Trinajstić information content (AvgIpc) is 2.83. The maximum atomic E-state index is 14.5. The summed E-state index contributed by atoms with van der Waals surface area (Å²) in [6.45, 7) is 4.61. The van der Waals surface area contributed by atoms with E-state index in [9.17, 15) is 9.18 Å². The molecule has 0 aliphatic carbocycles. The van der Waals surface area contributed by atoms with Gasteiger partial charge in [0.2, 0.25) is 0 Å². The Morgan fingerprint density at radius 3 is 2.48 bits per heavy atom. The van der Waals surface area contributed by atoms with Crippen LogP contribution in [0.4, 0.5) is 10.1 Å². The lowest BCUT2D eigenvalue weighted by atomic mass is 10.0. The van der Waals surface area contributed by atoms with Crippen molar-refractivity contribution in [1.29, 1.82) is 0 Å². The fourth-order valence-electron chi connectivity index (χ4n) is 4.33. The molecule has 4 aromatic rings. The first-order valence-electron chi connectivity index (χ1n) is 11.0. The van der Waals surface area contributed by atoms with Crippen LogP contribution in [-0.2, 0) is 0 Å². The molecular formula is C27H23ClFN3O. The van der Waals surface area contributed by atoms with Gasteiger partial charge in [-0.3, -0.25) is 4.79 Å². The molecule has 3 aromatic carbocycles. The number of piperazine rings is 1. The van der Waals surface area contributed by atoms with Gasteiger partial charge in [-0.15, -0.1) is 0 Å². The zero-order valence-corrected chi connectivity index (χ0v) is 19.0. The highest BCUT2D eigenvalue weighted by Crippen LogP contribution is 2.29. The second-order valence-electron chi connectivity index (χ2n) is 8.31. The van der Waals surface area contributed by atoms with Crippen molar-refractivity contribution in [2.45, 2.75) is 6.92 Å². The number of benzene rings is 3. The molecule has 0 spiro atoms. The van der Waals surface area contributed by atoms with E-state index in [1.807, 2.05) is 54.3 Å². The van der Waals surface area contributed by atoms with Crippen LogP contribution >= 0.6 is 11.6 Å². The minimum atomic E-state index is -0.356. The number of hydrogen-bond acceptors (Lipinski definition) is 3. The summed E-state index contributed by atoms with van der Waals surface area (Å²) >= 11 is 6.14. The van der Waals surface area contributed by atoms with Crippen LogP contribution in [0.5, 0.6) is 0 Å². The van der Waals surface area contributed by atoms with Crippen LogP contribution in [0.2, 0.25) is 5.02 Å².